The summed E-state index contributed by atoms with van der Waals surface area (Å²) in [5, 5.41) is 5.39. The largest absolute Gasteiger partial charge is 0.456 e. The Labute approximate surface area is 184 Å². The predicted octanol–water partition coefficient (Wildman–Crippen LogP) is 3.82. The number of esters is 1. The van der Waals surface area contributed by atoms with Crippen molar-refractivity contribution in [3.05, 3.63) is 28.8 Å². The molecule has 0 heterocycles. The molecule has 6 nitrogen and oxygen atoms in total. The lowest BCUT2D eigenvalue weighted by atomic mass is 9.49. The van der Waals surface area contributed by atoms with Crippen LogP contribution in [0.5, 0.6) is 0 Å². The van der Waals surface area contributed by atoms with E-state index in [-0.39, 0.29) is 30.4 Å². The van der Waals surface area contributed by atoms with Gasteiger partial charge in [0.15, 0.2) is 6.61 Å². The van der Waals surface area contributed by atoms with Gasteiger partial charge >= 0.3 is 5.97 Å². The van der Waals surface area contributed by atoms with Crippen LogP contribution in [0.4, 0.5) is 5.69 Å². The average molecular weight is 427 g/mol. The van der Waals surface area contributed by atoms with Gasteiger partial charge in [-0.05, 0) is 93.6 Å². The molecule has 5 rings (SSSR count). The Hall–Kier alpha value is -2.37. The van der Waals surface area contributed by atoms with E-state index in [0.717, 1.165) is 59.4 Å². The number of rotatable bonds is 7. The van der Waals surface area contributed by atoms with Gasteiger partial charge in [-0.3, -0.25) is 14.4 Å². The van der Waals surface area contributed by atoms with Gasteiger partial charge in [0, 0.05) is 5.69 Å². The number of benzene rings is 1. The van der Waals surface area contributed by atoms with Crippen molar-refractivity contribution in [1.82, 2.24) is 5.32 Å². The van der Waals surface area contributed by atoms with E-state index in [0.29, 0.717) is 6.42 Å². The molecular weight excluding hydrogens is 392 g/mol. The van der Waals surface area contributed by atoms with Gasteiger partial charge in [0.1, 0.15) is 0 Å². The summed E-state index contributed by atoms with van der Waals surface area (Å²) in [5.74, 6) is 1.30. The summed E-state index contributed by atoms with van der Waals surface area (Å²) in [6.45, 7) is 5.41. The highest BCUT2D eigenvalue weighted by atomic mass is 16.5. The first-order chi connectivity index (χ1) is 14.7. The minimum atomic E-state index is -0.452. The maximum Gasteiger partial charge on any atom is 0.306 e. The molecule has 31 heavy (non-hydrogen) atoms. The van der Waals surface area contributed by atoms with Crippen LogP contribution in [0, 0.1) is 43.9 Å². The summed E-state index contributed by atoms with van der Waals surface area (Å²) in [4.78, 5) is 36.7. The van der Waals surface area contributed by atoms with Gasteiger partial charge in [-0.1, -0.05) is 17.7 Å². The van der Waals surface area contributed by atoms with Crippen LogP contribution in [0.15, 0.2) is 12.1 Å². The zero-order valence-corrected chi connectivity index (χ0v) is 18.9. The summed E-state index contributed by atoms with van der Waals surface area (Å²) in [6, 6.07) is 4.01. The standard InChI is InChI=1S/C25H34N2O4/c1-15-4-16(2)24(17(3)5-15)27-21(28)13-26-22(29)14-31-23(30)12-25-9-18-6-19(10-25)8-20(7-18)11-25/h4-5,18-20H,6-14H2,1-3H3,(H,26,29)(H,27,28). The molecule has 0 aliphatic heterocycles. The Morgan fingerprint density at radius 3 is 2.03 bits per heavy atom. The second-order valence-electron chi connectivity index (χ2n) is 10.4. The molecular formula is C25H34N2O4. The summed E-state index contributed by atoms with van der Waals surface area (Å²) >= 11 is 0. The highest BCUT2D eigenvalue weighted by Gasteiger charge is 2.51. The molecule has 2 amide bonds. The number of nitrogens with one attached hydrogen (secondary N) is 2. The molecule has 4 aliphatic rings. The molecule has 4 aliphatic carbocycles. The number of ether oxygens (including phenoxy) is 1. The number of carbonyl (C=O) groups excluding carboxylic acids is 3. The van der Waals surface area contributed by atoms with Crippen molar-refractivity contribution in [2.75, 3.05) is 18.5 Å². The number of amides is 2. The fraction of sp³-hybridized carbons (Fsp3) is 0.640. The second kappa shape index (κ2) is 8.64. The molecule has 2 N–H and O–H groups in total. The molecule has 6 heteroatoms. The van der Waals surface area contributed by atoms with E-state index in [1.165, 1.54) is 19.3 Å². The van der Waals surface area contributed by atoms with Gasteiger partial charge in [-0.15, -0.1) is 0 Å². The Kier molecular flexibility index (Phi) is 6.09. The fourth-order valence-electron chi connectivity index (χ4n) is 6.80. The molecule has 0 spiro atoms. The number of anilines is 1. The third-order valence-electron chi connectivity index (χ3n) is 7.44. The van der Waals surface area contributed by atoms with Gasteiger partial charge in [0.2, 0.25) is 5.91 Å². The highest BCUT2D eigenvalue weighted by Crippen LogP contribution is 2.61. The predicted molar refractivity (Wildman–Crippen MR) is 118 cm³/mol. The quantitative estimate of drug-likeness (QED) is 0.649. The maximum absolute atomic E-state index is 12.4. The molecule has 0 saturated heterocycles. The van der Waals surface area contributed by atoms with Crippen LogP contribution >= 0.6 is 0 Å². The van der Waals surface area contributed by atoms with Crippen molar-refractivity contribution >= 4 is 23.5 Å². The first-order valence-corrected chi connectivity index (χ1v) is 11.5. The number of hydrogen-bond donors (Lipinski definition) is 2. The minimum Gasteiger partial charge on any atom is -0.456 e. The van der Waals surface area contributed by atoms with Crippen molar-refractivity contribution in [2.24, 2.45) is 23.2 Å². The number of aryl methyl sites for hydroxylation is 3. The SMILES string of the molecule is Cc1cc(C)c(NC(=O)CNC(=O)COC(=O)CC23CC4CC(CC(C4)C2)C3)c(C)c1. The van der Waals surface area contributed by atoms with E-state index in [1.54, 1.807) is 0 Å². The topological polar surface area (TPSA) is 84.5 Å². The molecule has 168 valence electrons. The van der Waals surface area contributed by atoms with Gasteiger partial charge in [0.05, 0.1) is 13.0 Å². The maximum atomic E-state index is 12.4. The van der Waals surface area contributed by atoms with Crippen LogP contribution in [0.3, 0.4) is 0 Å². The summed E-state index contributed by atoms with van der Waals surface area (Å²) < 4.78 is 5.26. The van der Waals surface area contributed by atoms with Crippen LogP contribution in [0.1, 0.15) is 61.6 Å². The lowest BCUT2D eigenvalue weighted by molar-refractivity contribution is -0.155. The van der Waals surface area contributed by atoms with Crippen molar-refractivity contribution in [3.63, 3.8) is 0 Å². The van der Waals surface area contributed by atoms with Crippen LogP contribution in [0.25, 0.3) is 0 Å². The number of hydrogen-bond acceptors (Lipinski definition) is 4. The van der Waals surface area contributed by atoms with E-state index in [2.05, 4.69) is 10.6 Å². The van der Waals surface area contributed by atoms with Gasteiger partial charge in [-0.2, -0.15) is 0 Å². The lowest BCUT2D eigenvalue weighted by Crippen LogP contribution is -2.47. The molecule has 4 fully saturated rings. The van der Waals surface area contributed by atoms with Gasteiger partial charge < -0.3 is 15.4 Å². The third kappa shape index (κ3) is 5.10. The third-order valence-corrected chi connectivity index (χ3v) is 7.44. The summed E-state index contributed by atoms with van der Waals surface area (Å²) in [6.07, 6.45) is 7.84. The van der Waals surface area contributed by atoms with Gasteiger partial charge in [-0.25, -0.2) is 0 Å². The highest BCUT2D eigenvalue weighted by molar-refractivity contribution is 5.96. The molecule has 0 radical (unpaired) electrons. The Morgan fingerprint density at radius 1 is 0.935 bits per heavy atom. The Bertz CT molecular complexity index is 833. The summed E-state index contributed by atoms with van der Waals surface area (Å²) in [7, 11) is 0. The molecule has 4 bridgehead atoms. The minimum absolute atomic E-state index is 0.103. The molecule has 1 aromatic rings. The van der Waals surface area contributed by atoms with Crippen LogP contribution in [-0.2, 0) is 19.1 Å². The molecule has 1 aromatic carbocycles. The van der Waals surface area contributed by atoms with E-state index < -0.39 is 5.91 Å². The monoisotopic (exact) mass is 426 g/mol. The number of carbonyl (C=O) groups is 3. The molecule has 0 unspecified atom stereocenters. The smallest absolute Gasteiger partial charge is 0.306 e. The zero-order valence-electron chi connectivity index (χ0n) is 18.9. The van der Waals surface area contributed by atoms with Crippen LogP contribution in [0.2, 0.25) is 0 Å². The van der Waals surface area contributed by atoms with Crippen molar-refractivity contribution < 1.29 is 19.1 Å². The van der Waals surface area contributed by atoms with Crippen LogP contribution in [-0.4, -0.2) is 30.9 Å². The van der Waals surface area contributed by atoms with Crippen molar-refractivity contribution in [1.29, 1.82) is 0 Å². The van der Waals surface area contributed by atoms with E-state index in [1.807, 2.05) is 32.9 Å². The normalized spacial score (nSPS) is 28.3. The van der Waals surface area contributed by atoms with E-state index in [4.69, 9.17) is 4.74 Å². The van der Waals surface area contributed by atoms with E-state index in [9.17, 15) is 14.4 Å². The fourth-order valence-corrected chi connectivity index (χ4v) is 6.80. The van der Waals surface area contributed by atoms with Crippen molar-refractivity contribution in [3.8, 4) is 0 Å². The van der Waals surface area contributed by atoms with Gasteiger partial charge in [0.25, 0.3) is 5.91 Å². The molecule has 0 aromatic heterocycles. The lowest BCUT2D eigenvalue weighted by Gasteiger charge is -2.56. The molecule has 4 saturated carbocycles. The first-order valence-electron chi connectivity index (χ1n) is 11.5. The van der Waals surface area contributed by atoms with Crippen LogP contribution < -0.4 is 10.6 Å². The second-order valence-corrected chi connectivity index (χ2v) is 10.4. The average Bonchev–Trinajstić information content (AvgIpc) is 2.66. The molecule has 0 atom stereocenters. The summed E-state index contributed by atoms with van der Waals surface area (Å²) in [5.41, 5.74) is 3.97. The Morgan fingerprint density at radius 2 is 1.48 bits per heavy atom. The van der Waals surface area contributed by atoms with E-state index >= 15 is 0 Å². The zero-order chi connectivity index (χ0) is 22.2. The first kappa shape index (κ1) is 21.8. The van der Waals surface area contributed by atoms with Crippen molar-refractivity contribution in [2.45, 2.75) is 65.7 Å². The Balaban J connectivity index is 1.19.